The Bertz CT molecular complexity index is 314. The first-order chi connectivity index (χ1) is 7.13. The Balaban J connectivity index is 3.20. The van der Waals surface area contributed by atoms with Gasteiger partial charge >= 0.3 is 0 Å². The normalized spacial score (nSPS) is 12.3. The zero-order valence-corrected chi connectivity index (χ0v) is 9.28. The first kappa shape index (κ1) is 11.7. The second kappa shape index (κ2) is 4.89. The summed E-state index contributed by atoms with van der Waals surface area (Å²) in [4.78, 5) is 0. The van der Waals surface area contributed by atoms with Crippen molar-refractivity contribution in [2.75, 3.05) is 14.2 Å². The first-order valence-electron chi connectivity index (χ1n) is 4.84. The van der Waals surface area contributed by atoms with Crippen LogP contribution < -0.4 is 15.2 Å². The molecule has 0 saturated heterocycles. The van der Waals surface area contributed by atoms with E-state index >= 15 is 0 Å². The van der Waals surface area contributed by atoms with Gasteiger partial charge in [0.15, 0.2) is 11.5 Å². The van der Waals surface area contributed by atoms with Crippen molar-refractivity contribution in [3.63, 3.8) is 0 Å². The molecule has 0 saturated carbocycles. The van der Waals surface area contributed by atoms with Crippen LogP contribution in [0, 0.1) is 0 Å². The van der Waals surface area contributed by atoms with Crippen LogP contribution in [0.3, 0.4) is 0 Å². The van der Waals surface area contributed by atoms with Gasteiger partial charge in [0, 0.05) is 6.04 Å². The number of phenols is 1. The molecule has 0 aliphatic heterocycles. The number of hydrogen-bond acceptors (Lipinski definition) is 4. The van der Waals surface area contributed by atoms with E-state index in [-0.39, 0.29) is 11.8 Å². The Labute approximate surface area is 89.6 Å². The number of benzene rings is 1. The van der Waals surface area contributed by atoms with Crippen molar-refractivity contribution in [2.24, 2.45) is 5.73 Å². The highest BCUT2D eigenvalue weighted by Crippen LogP contribution is 2.38. The minimum absolute atomic E-state index is 0.00653. The van der Waals surface area contributed by atoms with Crippen molar-refractivity contribution in [3.8, 4) is 17.2 Å². The smallest absolute Gasteiger partial charge is 0.200 e. The fraction of sp³-hybridized carbons (Fsp3) is 0.455. The van der Waals surface area contributed by atoms with E-state index in [0.717, 1.165) is 12.0 Å². The van der Waals surface area contributed by atoms with Crippen molar-refractivity contribution in [2.45, 2.75) is 19.4 Å². The largest absolute Gasteiger partial charge is 0.502 e. The van der Waals surface area contributed by atoms with E-state index in [4.69, 9.17) is 15.2 Å². The molecule has 0 bridgehead atoms. The summed E-state index contributed by atoms with van der Waals surface area (Å²) in [5.74, 6) is 0.772. The predicted molar refractivity (Wildman–Crippen MR) is 58.4 cm³/mol. The van der Waals surface area contributed by atoms with Crippen LogP contribution >= 0.6 is 0 Å². The predicted octanol–water partition coefficient (Wildman–Crippen LogP) is 1.82. The number of rotatable bonds is 4. The fourth-order valence-electron chi connectivity index (χ4n) is 1.36. The van der Waals surface area contributed by atoms with Crippen LogP contribution in [0.5, 0.6) is 17.2 Å². The summed E-state index contributed by atoms with van der Waals surface area (Å²) in [7, 11) is 2.99. The lowest BCUT2D eigenvalue weighted by Crippen LogP contribution is -2.09. The van der Waals surface area contributed by atoms with E-state index in [9.17, 15) is 5.11 Å². The summed E-state index contributed by atoms with van der Waals surface area (Å²) < 4.78 is 10.1. The maximum absolute atomic E-state index is 9.68. The highest BCUT2D eigenvalue weighted by atomic mass is 16.5. The minimum Gasteiger partial charge on any atom is -0.502 e. The summed E-state index contributed by atoms with van der Waals surface area (Å²) in [6.07, 6.45) is 0.817. The number of ether oxygens (including phenoxy) is 2. The zero-order chi connectivity index (χ0) is 11.4. The number of methoxy groups -OCH3 is 2. The molecule has 0 aliphatic rings. The van der Waals surface area contributed by atoms with E-state index in [1.807, 2.05) is 6.92 Å². The quantitative estimate of drug-likeness (QED) is 0.797. The minimum atomic E-state index is -0.0756. The molecule has 0 fully saturated rings. The monoisotopic (exact) mass is 211 g/mol. The summed E-state index contributed by atoms with van der Waals surface area (Å²) in [5.41, 5.74) is 6.79. The van der Waals surface area contributed by atoms with Crippen molar-refractivity contribution in [1.29, 1.82) is 0 Å². The third kappa shape index (κ3) is 2.33. The highest BCUT2D eigenvalue weighted by Gasteiger charge is 2.13. The third-order valence-corrected chi connectivity index (χ3v) is 2.37. The van der Waals surface area contributed by atoms with Gasteiger partial charge < -0.3 is 20.3 Å². The van der Waals surface area contributed by atoms with Crippen molar-refractivity contribution >= 4 is 0 Å². The van der Waals surface area contributed by atoms with Gasteiger partial charge in [-0.05, 0) is 24.1 Å². The molecule has 0 radical (unpaired) electrons. The Morgan fingerprint density at radius 1 is 1.27 bits per heavy atom. The van der Waals surface area contributed by atoms with Gasteiger partial charge in [-0.25, -0.2) is 0 Å². The van der Waals surface area contributed by atoms with E-state index in [0.29, 0.717) is 11.5 Å². The molecule has 0 amide bonds. The van der Waals surface area contributed by atoms with Crippen LogP contribution in [0.25, 0.3) is 0 Å². The standard InChI is InChI=1S/C11H17NO3/c1-4-8(12)7-5-9(14-2)11(13)10(6-7)15-3/h5-6,8,13H,4,12H2,1-3H3/t8-/m1/s1. The molecular formula is C11H17NO3. The first-order valence-corrected chi connectivity index (χ1v) is 4.84. The van der Waals surface area contributed by atoms with Gasteiger partial charge in [-0.15, -0.1) is 0 Å². The third-order valence-electron chi connectivity index (χ3n) is 2.37. The Hall–Kier alpha value is -1.42. The lowest BCUT2D eigenvalue weighted by Gasteiger charge is -2.14. The molecule has 4 nitrogen and oxygen atoms in total. The van der Waals surface area contributed by atoms with E-state index in [2.05, 4.69) is 0 Å². The lowest BCUT2D eigenvalue weighted by atomic mass is 10.0. The molecule has 1 atom stereocenters. The van der Waals surface area contributed by atoms with Crippen LogP contribution in [-0.4, -0.2) is 19.3 Å². The maximum Gasteiger partial charge on any atom is 0.200 e. The Morgan fingerprint density at radius 3 is 2.07 bits per heavy atom. The maximum atomic E-state index is 9.68. The molecule has 3 N–H and O–H groups in total. The van der Waals surface area contributed by atoms with Gasteiger partial charge in [-0.2, -0.15) is 0 Å². The molecule has 0 aliphatic carbocycles. The van der Waals surface area contributed by atoms with Gasteiger partial charge in [0.05, 0.1) is 14.2 Å². The van der Waals surface area contributed by atoms with E-state index < -0.39 is 0 Å². The van der Waals surface area contributed by atoms with Crippen LogP contribution in [0.15, 0.2) is 12.1 Å². The molecule has 4 heteroatoms. The van der Waals surface area contributed by atoms with Crippen LogP contribution in [0.2, 0.25) is 0 Å². The fourth-order valence-corrected chi connectivity index (χ4v) is 1.36. The molecule has 0 spiro atoms. The molecule has 1 aromatic rings. The molecule has 0 unspecified atom stereocenters. The molecular weight excluding hydrogens is 194 g/mol. The van der Waals surface area contributed by atoms with Crippen LogP contribution in [0.1, 0.15) is 24.9 Å². The average molecular weight is 211 g/mol. The summed E-state index contributed by atoms with van der Waals surface area (Å²) in [6.45, 7) is 2.00. The number of nitrogens with two attached hydrogens (primary N) is 1. The van der Waals surface area contributed by atoms with Crippen molar-refractivity contribution in [3.05, 3.63) is 17.7 Å². The molecule has 1 aromatic carbocycles. The van der Waals surface area contributed by atoms with E-state index in [1.165, 1.54) is 14.2 Å². The summed E-state index contributed by atoms with van der Waals surface area (Å²) >= 11 is 0. The topological polar surface area (TPSA) is 64.7 Å². The number of aromatic hydroxyl groups is 1. The van der Waals surface area contributed by atoms with Gasteiger partial charge in [-0.3, -0.25) is 0 Å². The number of hydrogen-bond donors (Lipinski definition) is 2. The zero-order valence-electron chi connectivity index (χ0n) is 9.28. The van der Waals surface area contributed by atoms with Crippen LogP contribution in [-0.2, 0) is 0 Å². The van der Waals surface area contributed by atoms with Crippen molar-refractivity contribution in [1.82, 2.24) is 0 Å². The Kier molecular flexibility index (Phi) is 3.80. The van der Waals surface area contributed by atoms with Gasteiger partial charge in [0.1, 0.15) is 0 Å². The molecule has 0 heterocycles. The summed E-state index contributed by atoms with van der Waals surface area (Å²) in [5, 5.41) is 9.68. The highest BCUT2D eigenvalue weighted by molar-refractivity contribution is 5.53. The molecule has 0 aromatic heterocycles. The Morgan fingerprint density at radius 2 is 1.73 bits per heavy atom. The van der Waals surface area contributed by atoms with Crippen molar-refractivity contribution < 1.29 is 14.6 Å². The summed E-state index contributed by atoms with van der Waals surface area (Å²) in [6, 6.07) is 3.38. The second-order valence-electron chi connectivity index (χ2n) is 3.29. The molecule has 84 valence electrons. The number of phenolic OH excluding ortho intramolecular Hbond substituents is 1. The van der Waals surface area contributed by atoms with Gasteiger partial charge in [0.2, 0.25) is 5.75 Å². The SMILES string of the molecule is CC[C@@H](N)c1cc(OC)c(O)c(OC)c1. The molecule has 1 rings (SSSR count). The van der Waals surface area contributed by atoms with E-state index in [1.54, 1.807) is 12.1 Å². The lowest BCUT2D eigenvalue weighted by molar-refractivity contribution is 0.338. The van der Waals surface area contributed by atoms with Gasteiger partial charge in [-0.1, -0.05) is 6.92 Å². The van der Waals surface area contributed by atoms with Gasteiger partial charge in [0.25, 0.3) is 0 Å². The molecule has 15 heavy (non-hydrogen) atoms. The van der Waals surface area contributed by atoms with Crippen LogP contribution in [0.4, 0.5) is 0 Å². The second-order valence-corrected chi connectivity index (χ2v) is 3.29. The average Bonchev–Trinajstić information content (AvgIpc) is 2.28.